The molecule has 0 saturated carbocycles. The van der Waals surface area contributed by atoms with Gasteiger partial charge in [0.15, 0.2) is 0 Å². The summed E-state index contributed by atoms with van der Waals surface area (Å²) in [7, 11) is 2.09. The summed E-state index contributed by atoms with van der Waals surface area (Å²) in [5.41, 5.74) is -1.62. The molecule has 0 aliphatic carbocycles. The first-order chi connectivity index (χ1) is 9.40. The molecular formula is C12H8FNO6. The Balaban J connectivity index is 3.40. The number of hydrogen-bond donors (Lipinski definition) is 0. The molecule has 0 atom stereocenters. The van der Waals surface area contributed by atoms with Crippen molar-refractivity contribution < 1.29 is 28.4 Å². The molecule has 1 aromatic carbocycles. The predicted molar refractivity (Wildman–Crippen MR) is 63.3 cm³/mol. The minimum atomic E-state index is -1.05. The van der Waals surface area contributed by atoms with Gasteiger partial charge in [0.05, 0.1) is 24.7 Å². The molecule has 0 N–H and O–H groups in total. The standard InChI is InChI=1S/C12H8FNO6/c1-19-11(15)4-3-7-5-10(14(17)18)8(6-9(7)13)12(16)20-2/h5-6H,1-2H3. The third-order valence-corrected chi connectivity index (χ3v) is 2.17. The van der Waals surface area contributed by atoms with E-state index < -0.39 is 39.5 Å². The second-order valence-electron chi connectivity index (χ2n) is 3.34. The summed E-state index contributed by atoms with van der Waals surface area (Å²) in [4.78, 5) is 32.1. The monoisotopic (exact) mass is 281 g/mol. The van der Waals surface area contributed by atoms with Gasteiger partial charge in [-0.1, -0.05) is 5.92 Å². The number of nitrogens with zero attached hydrogens (tertiary/aromatic N) is 1. The first-order valence-corrected chi connectivity index (χ1v) is 5.07. The molecule has 20 heavy (non-hydrogen) atoms. The molecule has 0 fully saturated rings. The quantitative estimate of drug-likeness (QED) is 0.348. The van der Waals surface area contributed by atoms with E-state index in [0.717, 1.165) is 20.3 Å². The van der Waals surface area contributed by atoms with Gasteiger partial charge in [0.1, 0.15) is 11.4 Å². The van der Waals surface area contributed by atoms with Crippen LogP contribution in [0.5, 0.6) is 0 Å². The molecular weight excluding hydrogens is 273 g/mol. The Morgan fingerprint density at radius 2 is 1.95 bits per heavy atom. The summed E-state index contributed by atoms with van der Waals surface area (Å²) in [5.74, 6) is 1.04. The summed E-state index contributed by atoms with van der Waals surface area (Å²) in [5, 5.41) is 10.8. The number of benzene rings is 1. The highest BCUT2D eigenvalue weighted by molar-refractivity contribution is 5.94. The number of nitro benzene ring substituents is 1. The van der Waals surface area contributed by atoms with Gasteiger partial charge in [-0.25, -0.2) is 14.0 Å². The van der Waals surface area contributed by atoms with Gasteiger partial charge < -0.3 is 9.47 Å². The molecule has 0 aliphatic rings. The van der Waals surface area contributed by atoms with E-state index in [4.69, 9.17) is 0 Å². The number of hydrogen-bond acceptors (Lipinski definition) is 6. The maximum Gasteiger partial charge on any atom is 0.384 e. The zero-order chi connectivity index (χ0) is 15.3. The largest absolute Gasteiger partial charge is 0.465 e. The summed E-state index contributed by atoms with van der Waals surface area (Å²) in [6.07, 6.45) is 0. The Morgan fingerprint density at radius 3 is 2.45 bits per heavy atom. The Kier molecular flexibility index (Phi) is 4.75. The van der Waals surface area contributed by atoms with E-state index in [1.807, 2.05) is 5.92 Å². The van der Waals surface area contributed by atoms with Gasteiger partial charge in [0.25, 0.3) is 5.69 Å². The molecule has 1 rings (SSSR count). The van der Waals surface area contributed by atoms with Gasteiger partial charge in [0, 0.05) is 12.0 Å². The van der Waals surface area contributed by atoms with E-state index in [1.165, 1.54) is 0 Å². The molecule has 0 spiro atoms. The zero-order valence-corrected chi connectivity index (χ0v) is 10.4. The van der Waals surface area contributed by atoms with Crippen LogP contribution in [0.3, 0.4) is 0 Å². The fourth-order valence-electron chi connectivity index (χ4n) is 1.25. The van der Waals surface area contributed by atoms with Crippen molar-refractivity contribution in [3.05, 3.63) is 39.2 Å². The molecule has 0 aromatic heterocycles. The van der Waals surface area contributed by atoms with Crippen molar-refractivity contribution in [3.63, 3.8) is 0 Å². The smallest absolute Gasteiger partial charge is 0.384 e. The molecule has 0 heterocycles. The van der Waals surface area contributed by atoms with Gasteiger partial charge in [-0.3, -0.25) is 10.1 Å². The minimum absolute atomic E-state index is 0.408. The first-order valence-electron chi connectivity index (χ1n) is 5.07. The number of esters is 2. The van der Waals surface area contributed by atoms with Crippen LogP contribution in [-0.4, -0.2) is 31.1 Å². The van der Waals surface area contributed by atoms with Crippen LogP contribution in [0, 0.1) is 27.8 Å². The SMILES string of the molecule is COC(=O)C#Cc1cc([N+](=O)[O-])c(C(=O)OC)cc1F. The topological polar surface area (TPSA) is 95.7 Å². The van der Waals surface area contributed by atoms with Gasteiger partial charge >= 0.3 is 11.9 Å². The highest BCUT2D eigenvalue weighted by Gasteiger charge is 2.23. The number of methoxy groups -OCH3 is 2. The van der Waals surface area contributed by atoms with Crippen molar-refractivity contribution in [2.75, 3.05) is 14.2 Å². The number of halogens is 1. The average molecular weight is 281 g/mol. The van der Waals surface area contributed by atoms with Crippen LogP contribution in [-0.2, 0) is 14.3 Å². The average Bonchev–Trinajstić information content (AvgIpc) is 2.43. The van der Waals surface area contributed by atoms with Crippen LogP contribution in [0.4, 0.5) is 10.1 Å². The van der Waals surface area contributed by atoms with Crippen LogP contribution in [0.15, 0.2) is 12.1 Å². The lowest BCUT2D eigenvalue weighted by Gasteiger charge is -2.02. The zero-order valence-electron chi connectivity index (χ0n) is 10.4. The second kappa shape index (κ2) is 6.29. The summed E-state index contributed by atoms with van der Waals surface area (Å²) in [6.45, 7) is 0. The maximum atomic E-state index is 13.7. The Labute approximate surface area is 112 Å². The lowest BCUT2D eigenvalue weighted by atomic mass is 10.1. The number of carbonyl (C=O) groups excluding carboxylic acids is 2. The molecule has 104 valence electrons. The van der Waals surface area contributed by atoms with Crippen molar-refractivity contribution in [1.29, 1.82) is 0 Å². The third-order valence-electron chi connectivity index (χ3n) is 2.17. The van der Waals surface area contributed by atoms with E-state index in [0.29, 0.717) is 6.07 Å². The molecule has 0 amide bonds. The Bertz CT molecular complexity index is 643. The van der Waals surface area contributed by atoms with Crippen molar-refractivity contribution in [2.45, 2.75) is 0 Å². The fourth-order valence-corrected chi connectivity index (χ4v) is 1.25. The molecule has 0 radical (unpaired) electrons. The number of ether oxygens (including phenoxy) is 2. The van der Waals surface area contributed by atoms with E-state index in [-0.39, 0.29) is 0 Å². The first kappa shape index (κ1) is 15.1. The molecule has 0 unspecified atom stereocenters. The fraction of sp³-hybridized carbons (Fsp3) is 0.167. The van der Waals surface area contributed by atoms with Gasteiger partial charge in [-0.15, -0.1) is 0 Å². The third kappa shape index (κ3) is 3.29. The lowest BCUT2D eigenvalue weighted by molar-refractivity contribution is -0.385. The van der Waals surface area contributed by atoms with Gasteiger partial charge in [0.2, 0.25) is 0 Å². The normalized spacial score (nSPS) is 9.15. The summed E-state index contributed by atoms with van der Waals surface area (Å²) < 4.78 is 22.2. The summed E-state index contributed by atoms with van der Waals surface area (Å²) in [6, 6.07) is 1.38. The Morgan fingerprint density at radius 1 is 1.30 bits per heavy atom. The van der Waals surface area contributed by atoms with E-state index >= 15 is 0 Å². The van der Waals surface area contributed by atoms with E-state index in [1.54, 1.807) is 0 Å². The van der Waals surface area contributed by atoms with E-state index in [2.05, 4.69) is 15.4 Å². The molecule has 0 bridgehead atoms. The van der Waals surface area contributed by atoms with Gasteiger partial charge in [-0.05, 0) is 6.07 Å². The molecule has 0 aliphatic heterocycles. The van der Waals surface area contributed by atoms with Crippen LogP contribution in [0.25, 0.3) is 0 Å². The lowest BCUT2D eigenvalue weighted by Crippen LogP contribution is -2.07. The van der Waals surface area contributed by atoms with Crippen LogP contribution in [0.1, 0.15) is 15.9 Å². The predicted octanol–water partition coefficient (Wildman–Crippen LogP) is 1.04. The molecule has 1 aromatic rings. The van der Waals surface area contributed by atoms with Crippen molar-refractivity contribution in [1.82, 2.24) is 0 Å². The number of nitro groups is 1. The number of rotatable bonds is 2. The summed E-state index contributed by atoms with van der Waals surface area (Å²) >= 11 is 0. The van der Waals surface area contributed by atoms with Crippen molar-refractivity contribution >= 4 is 17.6 Å². The van der Waals surface area contributed by atoms with Gasteiger partial charge in [-0.2, -0.15) is 0 Å². The highest BCUT2D eigenvalue weighted by atomic mass is 19.1. The second-order valence-corrected chi connectivity index (χ2v) is 3.34. The van der Waals surface area contributed by atoms with Crippen LogP contribution in [0.2, 0.25) is 0 Å². The Hall–Kier alpha value is -2.95. The van der Waals surface area contributed by atoms with Crippen molar-refractivity contribution in [3.8, 4) is 11.8 Å². The van der Waals surface area contributed by atoms with E-state index in [9.17, 15) is 24.1 Å². The molecule has 8 heteroatoms. The van der Waals surface area contributed by atoms with Crippen molar-refractivity contribution in [2.24, 2.45) is 0 Å². The van der Waals surface area contributed by atoms with Crippen LogP contribution >= 0.6 is 0 Å². The van der Waals surface area contributed by atoms with Crippen LogP contribution < -0.4 is 0 Å². The molecule has 0 saturated heterocycles. The minimum Gasteiger partial charge on any atom is -0.465 e. The number of carbonyl (C=O) groups is 2. The molecule has 7 nitrogen and oxygen atoms in total. The highest BCUT2D eigenvalue weighted by Crippen LogP contribution is 2.23. The maximum absolute atomic E-state index is 13.7.